The summed E-state index contributed by atoms with van der Waals surface area (Å²) in [6.45, 7) is 2.93. The average molecular weight is 396 g/mol. The molecule has 1 aromatic rings. The molecule has 2 N–H and O–H groups in total. The molecule has 5 nitrogen and oxygen atoms in total. The molecule has 156 valence electrons. The lowest BCUT2D eigenvalue weighted by molar-refractivity contribution is -0.147. The normalized spacial score (nSPS) is 35.6. The van der Waals surface area contributed by atoms with Crippen molar-refractivity contribution in [3.8, 4) is 0 Å². The van der Waals surface area contributed by atoms with Gasteiger partial charge in [0.05, 0.1) is 6.54 Å². The van der Waals surface area contributed by atoms with Crippen molar-refractivity contribution in [3.63, 3.8) is 0 Å². The number of carbonyl (C=O) groups is 2. The first kappa shape index (κ1) is 19.1. The predicted octanol–water partition coefficient (Wildman–Crippen LogP) is 2.71. The lowest BCUT2D eigenvalue weighted by Crippen LogP contribution is -2.55. The lowest BCUT2D eigenvalue weighted by Gasteiger charge is -2.55. The fourth-order valence-corrected chi connectivity index (χ4v) is 6.95. The van der Waals surface area contributed by atoms with Crippen molar-refractivity contribution < 1.29 is 9.59 Å². The number of nitrogens with zero attached hydrogens (tertiary/aromatic N) is 1. The largest absolute Gasteiger partial charge is 0.350 e. The summed E-state index contributed by atoms with van der Waals surface area (Å²) in [7, 11) is 0. The quantitative estimate of drug-likeness (QED) is 0.779. The molecule has 2 amide bonds. The van der Waals surface area contributed by atoms with Gasteiger partial charge < -0.3 is 10.6 Å². The fourth-order valence-electron chi connectivity index (χ4n) is 6.95. The molecule has 0 aromatic heterocycles. The Bertz CT molecular complexity index is 727. The summed E-state index contributed by atoms with van der Waals surface area (Å²) in [6.07, 6.45) is 8.09. The van der Waals surface area contributed by atoms with Crippen molar-refractivity contribution in [2.45, 2.75) is 57.5 Å². The number of hydrogen-bond donors (Lipinski definition) is 2. The number of benzene rings is 1. The number of nitrogens with one attached hydrogen (secondary N) is 2. The third-order valence-corrected chi connectivity index (χ3v) is 7.82. The van der Waals surface area contributed by atoms with Crippen LogP contribution >= 0.6 is 0 Å². The maximum Gasteiger partial charge on any atom is 0.239 e. The lowest BCUT2D eigenvalue weighted by atomic mass is 9.49. The molecular weight excluding hydrogens is 362 g/mol. The van der Waals surface area contributed by atoms with E-state index in [1.54, 1.807) is 0 Å². The number of carbonyl (C=O) groups excluding carboxylic acids is 2. The van der Waals surface area contributed by atoms with E-state index in [4.69, 9.17) is 0 Å². The smallest absolute Gasteiger partial charge is 0.239 e. The highest BCUT2D eigenvalue weighted by atomic mass is 16.2. The Morgan fingerprint density at radius 3 is 2.31 bits per heavy atom. The highest BCUT2D eigenvalue weighted by Gasteiger charge is 2.54. The van der Waals surface area contributed by atoms with Crippen LogP contribution in [-0.2, 0) is 16.1 Å². The number of likely N-dealkylation sites (tertiary alicyclic amines) is 1. The Morgan fingerprint density at radius 1 is 1.00 bits per heavy atom. The first-order valence-corrected chi connectivity index (χ1v) is 11.4. The van der Waals surface area contributed by atoms with Gasteiger partial charge in [-0.15, -0.1) is 0 Å². The van der Waals surface area contributed by atoms with E-state index in [2.05, 4.69) is 39.8 Å². The molecule has 4 saturated carbocycles. The van der Waals surface area contributed by atoms with Gasteiger partial charge in [0.2, 0.25) is 11.8 Å². The molecule has 1 heterocycles. The summed E-state index contributed by atoms with van der Waals surface area (Å²) in [5.41, 5.74) is 1.14. The van der Waals surface area contributed by atoms with E-state index < -0.39 is 0 Å². The number of rotatable bonds is 6. The van der Waals surface area contributed by atoms with Gasteiger partial charge >= 0.3 is 0 Å². The molecule has 1 atom stereocenters. The first-order chi connectivity index (χ1) is 14.1. The minimum absolute atomic E-state index is 0.0466. The Labute approximate surface area is 173 Å². The van der Waals surface area contributed by atoms with Crippen LogP contribution in [0.3, 0.4) is 0 Å². The van der Waals surface area contributed by atoms with E-state index in [1.165, 1.54) is 24.8 Å². The van der Waals surface area contributed by atoms with Gasteiger partial charge in [-0.25, -0.2) is 0 Å². The Morgan fingerprint density at radius 2 is 1.66 bits per heavy atom. The summed E-state index contributed by atoms with van der Waals surface area (Å²) in [5.74, 6) is 2.33. The first-order valence-electron chi connectivity index (χ1n) is 11.4. The van der Waals surface area contributed by atoms with Gasteiger partial charge in [-0.1, -0.05) is 30.3 Å². The van der Waals surface area contributed by atoms with E-state index in [9.17, 15) is 9.59 Å². The summed E-state index contributed by atoms with van der Waals surface area (Å²) in [4.78, 5) is 27.8. The van der Waals surface area contributed by atoms with Crippen molar-refractivity contribution in [2.75, 3.05) is 19.6 Å². The van der Waals surface area contributed by atoms with Gasteiger partial charge in [0.15, 0.2) is 0 Å². The van der Waals surface area contributed by atoms with E-state index in [0.29, 0.717) is 0 Å². The molecule has 0 spiro atoms. The van der Waals surface area contributed by atoms with Gasteiger partial charge in [-0.3, -0.25) is 14.5 Å². The SMILES string of the molecule is O=C(CNC(=O)C12CC3CC(CC(C3)C1)C2)NC1CCN(Cc2ccccc2)C1. The highest BCUT2D eigenvalue weighted by molar-refractivity contribution is 5.88. The molecule has 29 heavy (non-hydrogen) atoms. The zero-order valence-electron chi connectivity index (χ0n) is 17.2. The Kier molecular flexibility index (Phi) is 5.10. The van der Waals surface area contributed by atoms with Crippen LogP contribution in [0.25, 0.3) is 0 Å². The topological polar surface area (TPSA) is 61.4 Å². The zero-order chi connectivity index (χ0) is 19.8. The highest BCUT2D eigenvalue weighted by Crippen LogP contribution is 2.60. The molecule has 5 fully saturated rings. The number of hydrogen-bond acceptors (Lipinski definition) is 3. The van der Waals surface area contributed by atoms with Crippen LogP contribution in [0, 0.1) is 23.2 Å². The van der Waals surface area contributed by atoms with Crippen molar-refractivity contribution in [1.82, 2.24) is 15.5 Å². The second-order valence-corrected chi connectivity index (χ2v) is 10.2. The fraction of sp³-hybridized carbons (Fsp3) is 0.667. The standard InChI is InChI=1S/C24H33N3O2/c28-22(26-21-6-7-27(16-21)15-17-4-2-1-3-5-17)14-25-23(29)24-11-18-8-19(12-24)10-20(9-18)13-24/h1-5,18-21H,6-16H2,(H,25,29)(H,26,28). The summed E-state index contributed by atoms with van der Waals surface area (Å²) in [6, 6.07) is 10.6. The third kappa shape index (κ3) is 4.07. The molecule has 1 saturated heterocycles. The van der Waals surface area contributed by atoms with E-state index in [0.717, 1.165) is 63.1 Å². The minimum atomic E-state index is -0.172. The van der Waals surface area contributed by atoms with Gasteiger partial charge in [-0.05, 0) is 68.3 Å². The predicted molar refractivity (Wildman–Crippen MR) is 112 cm³/mol. The van der Waals surface area contributed by atoms with Crippen LogP contribution in [-0.4, -0.2) is 42.4 Å². The van der Waals surface area contributed by atoms with Crippen LogP contribution in [0.2, 0.25) is 0 Å². The molecular formula is C24H33N3O2. The van der Waals surface area contributed by atoms with Crippen molar-refractivity contribution in [2.24, 2.45) is 23.2 Å². The van der Waals surface area contributed by atoms with Crippen molar-refractivity contribution in [1.29, 1.82) is 0 Å². The molecule has 4 aliphatic carbocycles. The molecule has 6 rings (SSSR count). The Balaban J connectivity index is 1.07. The second-order valence-electron chi connectivity index (χ2n) is 10.2. The van der Waals surface area contributed by atoms with Gasteiger partial charge in [-0.2, -0.15) is 0 Å². The molecule has 5 heteroatoms. The van der Waals surface area contributed by atoms with E-state index in [1.807, 2.05) is 6.07 Å². The zero-order valence-corrected chi connectivity index (χ0v) is 17.2. The minimum Gasteiger partial charge on any atom is -0.350 e. The molecule has 1 unspecified atom stereocenters. The second kappa shape index (κ2) is 7.75. The maximum atomic E-state index is 13.0. The van der Waals surface area contributed by atoms with Crippen LogP contribution in [0.15, 0.2) is 30.3 Å². The third-order valence-electron chi connectivity index (χ3n) is 7.82. The van der Waals surface area contributed by atoms with Crippen LogP contribution in [0.5, 0.6) is 0 Å². The number of amides is 2. The monoisotopic (exact) mass is 395 g/mol. The van der Waals surface area contributed by atoms with Crippen molar-refractivity contribution in [3.05, 3.63) is 35.9 Å². The van der Waals surface area contributed by atoms with E-state index in [-0.39, 0.29) is 29.8 Å². The van der Waals surface area contributed by atoms with Crippen LogP contribution in [0.1, 0.15) is 50.5 Å². The van der Waals surface area contributed by atoms with Crippen molar-refractivity contribution >= 4 is 11.8 Å². The molecule has 5 aliphatic rings. The van der Waals surface area contributed by atoms with Gasteiger partial charge in [0.1, 0.15) is 0 Å². The van der Waals surface area contributed by atoms with Gasteiger partial charge in [0.25, 0.3) is 0 Å². The average Bonchev–Trinajstić information content (AvgIpc) is 3.12. The molecule has 0 radical (unpaired) electrons. The van der Waals surface area contributed by atoms with Crippen LogP contribution in [0.4, 0.5) is 0 Å². The van der Waals surface area contributed by atoms with Crippen LogP contribution < -0.4 is 10.6 Å². The van der Waals surface area contributed by atoms with Gasteiger partial charge in [0, 0.05) is 31.1 Å². The molecule has 1 aromatic carbocycles. The Hall–Kier alpha value is -1.88. The summed E-state index contributed by atoms with van der Waals surface area (Å²) >= 11 is 0. The summed E-state index contributed by atoms with van der Waals surface area (Å²) < 4.78 is 0. The maximum absolute atomic E-state index is 13.0. The van der Waals surface area contributed by atoms with E-state index >= 15 is 0 Å². The molecule has 4 bridgehead atoms. The summed E-state index contributed by atoms with van der Waals surface area (Å²) in [5, 5.41) is 6.13. The molecule has 1 aliphatic heterocycles.